The molecule has 2 aliphatic rings. The zero-order chi connectivity index (χ0) is 22.3. The molecular formula is C30H23N2Nd-. The summed E-state index contributed by atoms with van der Waals surface area (Å²) in [4.78, 5) is 8.69. The van der Waals surface area contributed by atoms with Gasteiger partial charge in [0.1, 0.15) is 0 Å². The molecule has 2 aromatic heterocycles. The Balaban J connectivity index is 0.000000172. The predicted octanol–water partition coefficient (Wildman–Crippen LogP) is 6.45. The molecule has 3 heteroatoms. The van der Waals surface area contributed by atoms with Crippen LogP contribution in [0.5, 0.6) is 0 Å². The first kappa shape index (κ1) is 27.4. The van der Waals surface area contributed by atoms with E-state index in [1.165, 1.54) is 0 Å². The molecule has 0 aliphatic heterocycles. The smallest absolute Gasteiger partial charge is 0.0964 e. The van der Waals surface area contributed by atoms with Gasteiger partial charge in [-0.2, -0.15) is 0 Å². The second-order valence-electron chi connectivity index (χ2n) is 6.63. The van der Waals surface area contributed by atoms with E-state index in [0.717, 1.165) is 27.4 Å². The maximum atomic E-state index is 6.69. The summed E-state index contributed by atoms with van der Waals surface area (Å²) >= 11 is 0. The zero-order valence-electron chi connectivity index (χ0n) is 18.2. The fourth-order valence-electron chi connectivity index (χ4n) is 2.84. The van der Waals surface area contributed by atoms with E-state index in [1.807, 2.05) is 107 Å². The fraction of sp³-hybridized carbons (Fsp3) is 0. The van der Waals surface area contributed by atoms with Crippen LogP contribution >= 0.6 is 0 Å². The van der Waals surface area contributed by atoms with Crippen molar-refractivity contribution in [2.45, 2.75) is 0 Å². The largest absolute Gasteiger partial charge is 0.366 e. The molecule has 6 rings (SSSR count). The van der Waals surface area contributed by atoms with Crippen LogP contribution in [0.15, 0.2) is 79.1 Å². The van der Waals surface area contributed by atoms with Crippen molar-refractivity contribution in [3.8, 4) is 5.92 Å². The van der Waals surface area contributed by atoms with Gasteiger partial charge in [-0.25, -0.2) is 0 Å². The summed E-state index contributed by atoms with van der Waals surface area (Å²) in [5.41, 5.74) is 2.78. The SMILES string of the molecule is [C-]#Cc1ccccc1.[CH]1[CH][CH][CH][CH]1.[CH]1[CH][CH][CH][CH]1.[Nd].c1cnc2c(c1)ccc1cccnc12. The van der Waals surface area contributed by atoms with Crippen molar-refractivity contribution in [1.29, 1.82) is 0 Å². The van der Waals surface area contributed by atoms with Gasteiger partial charge in [0.25, 0.3) is 0 Å². The van der Waals surface area contributed by atoms with Crippen LogP contribution in [0.4, 0.5) is 0 Å². The van der Waals surface area contributed by atoms with Gasteiger partial charge in [0.2, 0.25) is 0 Å². The van der Waals surface area contributed by atoms with Crippen LogP contribution in [0.3, 0.4) is 0 Å². The fourth-order valence-corrected chi connectivity index (χ4v) is 2.84. The average molecular weight is 556 g/mol. The monoisotopic (exact) mass is 553 g/mol. The normalized spacial score (nSPS) is 13.8. The summed E-state index contributed by atoms with van der Waals surface area (Å²) in [5.74, 6) is 2.28. The van der Waals surface area contributed by atoms with Gasteiger partial charge in [-0.1, -0.05) is 42.5 Å². The first-order valence-electron chi connectivity index (χ1n) is 10.3. The summed E-state index contributed by atoms with van der Waals surface area (Å²) < 4.78 is 0. The van der Waals surface area contributed by atoms with Crippen LogP contribution in [-0.2, 0) is 0 Å². The van der Waals surface area contributed by atoms with Gasteiger partial charge in [0.05, 0.1) is 11.0 Å². The molecule has 0 saturated heterocycles. The van der Waals surface area contributed by atoms with Gasteiger partial charge in [-0.15, -0.1) is 17.7 Å². The molecule has 0 N–H and O–H groups in total. The molecule has 0 spiro atoms. The van der Waals surface area contributed by atoms with Gasteiger partial charge < -0.3 is 6.42 Å². The van der Waals surface area contributed by atoms with Gasteiger partial charge in [-0.05, 0) is 76.3 Å². The molecule has 2 aromatic carbocycles. The Hall–Kier alpha value is -1.83. The number of hydrogen-bond donors (Lipinski definition) is 0. The van der Waals surface area contributed by atoms with Crippen molar-refractivity contribution in [2.75, 3.05) is 0 Å². The second-order valence-corrected chi connectivity index (χ2v) is 6.63. The van der Waals surface area contributed by atoms with Gasteiger partial charge in [-0.3, -0.25) is 15.9 Å². The van der Waals surface area contributed by atoms with E-state index in [9.17, 15) is 0 Å². The molecular weight excluding hydrogens is 533 g/mol. The Labute approximate surface area is 232 Å². The predicted molar refractivity (Wildman–Crippen MR) is 133 cm³/mol. The van der Waals surface area contributed by atoms with E-state index < -0.39 is 0 Å². The maximum absolute atomic E-state index is 6.69. The van der Waals surface area contributed by atoms with E-state index in [-0.39, 0.29) is 40.8 Å². The van der Waals surface area contributed by atoms with Crippen LogP contribution in [0.1, 0.15) is 5.56 Å². The molecule has 0 atom stereocenters. The van der Waals surface area contributed by atoms with Crippen molar-refractivity contribution in [1.82, 2.24) is 9.97 Å². The zero-order valence-corrected chi connectivity index (χ0v) is 21.4. The first-order valence-corrected chi connectivity index (χ1v) is 10.3. The summed E-state index contributed by atoms with van der Waals surface area (Å²) in [5, 5.41) is 2.28. The molecule has 2 fully saturated rings. The molecule has 2 nitrogen and oxygen atoms in total. The molecule has 0 unspecified atom stereocenters. The van der Waals surface area contributed by atoms with Crippen LogP contribution < -0.4 is 0 Å². The minimum absolute atomic E-state index is 0. The maximum Gasteiger partial charge on any atom is 0.0964 e. The van der Waals surface area contributed by atoms with Crippen LogP contribution in [-0.4, -0.2) is 9.97 Å². The third-order valence-corrected chi connectivity index (χ3v) is 4.37. The number of benzene rings is 2. The summed E-state index contributed by atoms with van der Waals surface area (Å²) in [6.45, 7) is 0. The van der Waals surface area contributed by atoms with E-state index in [0.29, 0.717) is 0 Å². The molecule has 33 heavy (non-hydrogen) atoms. The molecule has 2 heterocycles. The van der Waals surface area contributed by atoms with Crippen molar-refractivity contribution < 1.29 is 40.8 Å². The third-order valence-electron chi connectivity index (χ3n) is 4.37. The van der Waals surface area contributed by atoms with Crippen molar-refractivity contribution in [2.24, 2.45) is 0 Å². The van der Waals surface area contributed by atoms with Gasteiger partial charge in [0.15, 0.2) is 0 Å². The molecule has 2 aliphatic carbocycles. The Morgan fingerprint density at radius 2 is 0.879 bits per heavy atom. The number of hydrogen-bond acceptors (Lipinski definition) is 2. The van der Waals surface area contributed by atoms with Crippen LogP contribution in [0.2, 0.25) is 0 Å². The number of pyridine rings is 2. The molecule has 2 saturated carbocycles. The first-order chi connectivity index (χ1) is 15.9. The van der Waals surface area contributed by atoms with Crippen molar-refractivity contribution in [3.05, 3.63) is 155 Å². The van der Waals surface area contributed by atoms with E-state index in [1.54, 1.807) is 12.4 Å². The molecule has 0 bridgehead atoms. The molecule has 0 amide bonds. The second kappa shape index (κ2) is 16.7. The standard InChI is InChI=1S/C12H8N2.C8H5.2C5H5.Nd/c1-3-9-5-6-10-4-2-8-14-12(10)11(9)13-7-1;1-2-8-6-4-3-5-7-8;2*1-2-4-5-3-1;/h1-8H;3-7H;2*1-5H;/q;-1;;;. The Kier molecular flexibility index (Phi) is 13.9. The van der Waals surface area contributed by atoms with E-state index in [2.05, 4.69) is 40.2 Å². The van der Waals surface area contributed by atoms with Crippen molar-refractivity contribution >= 4 is 21.8 Å². The summed E-state index contributed by atoms with van der Waals surface area (Å²) in [6, 6.07) is 21.5. The number of aromatic nitrogens is 2. The summed E-state index contributed by atoms with van der Waals surface area (Å²) in [6.07, 6.45) is 30.3. The molecule has 158 valence electrons. The molecule has 10 radical (unpaired) electrons. The third kappa shape index (κ3) is 9.90. The Bertz CT molecular complexity index is 1010. The Morgan fingerprint density at radius 3 is 1.21 bits per heavy atom. The quantitative estimate of drug-likeness (QED) is 0.142. The van der Waals surface area contributed by atoms with Crippen molar-refractivity contribution in [3.63, 3.8) is 0 Å². The number of nitrogens with zero attached hydrogens (tertiary/aromatic N) is 2. The summed E-state index contributed by atoms with van der Waals surface area (Å²) in [7, 11) is 0. The van der Waals surface area contributed by atoms with Gasteiger partial charge >= 0.3 is 0 Å². The topological polar surface area (TPSA) is 25.8 Å². The Morgan fingerprint density at radius 1 is 0.485 bits per heavy atom. The molecule has 4 aromatic rings. The number of fused-ring (bicyclic) bond motifs is 3. The average Bonchev–Trinajstić information content (AvgIpc) is 3.65. The minimum atomic E-state index is 0. The minimum Gasteiger partial charge on any atom is -0.366 e. The van der Waals surface area contributed by atoms with E-state index >= 15 is 0 Å². The number of rotatable bonds is 0. The van der Waals surface area contributed by atoms with Gasteiger partial charge in [0, 0.05) is 64.0 Å². The van der Waals surface area contributed by atoms with Crippen LogP contribution in [0.25, 0.3) is 21.8 Å². The van der Waals surface area contributed by atoms with Crippen LogP contribution in [0, 0.1) is 117 Å². The van der Waals surface area contributed by atoms with E-state index in [4.69, 9.17) is 6.42 Å².